The number of rotatable bonds is 2. The molecule has 82 valence electrons. The fourth-order valence-corrected chi connectivity index (χ4v) is 1.75. The van der Waals surface area contributed by atoms with Crippen molar-refractivity contribution in [2.45, 2.75) is 19.8 Å². The van der Waals surface area contributed by atoms with E-state index in [1.165, 1.54) is 0 Å². The number of aryl methyl sites for hydroxylation is 1. The van der Waals surface area contributed by atoms with Crippen LogP contribution in [-0.2, 0) is 0 Å². The lowest BCUT2D eigenvalue weighted by Gasteiger charge is -2.06. The molecule has 3 heteroatoms. The van der Waals surface area contributed by atoms with Crippen LogP contribution in [0.5, 0.6) is 5.75 Å². The minimum Gasteiger partial charge on any atom is -0.493 e. The topological polar surface area (TPSA) is 46.2 Å². The molecule has 0 bridgehead atoms. The van der Waals surface area contributed by atoms with Gasteiger partial charge in [-0.3, -0.25) is 0 Å². The Morgan fingerprint density at radius 1 is 1.38 bits per heavy atom. The summed E-state index contributed by atoms with van der Waals surface area (Å²) in [5.74, 6) is 1.38. The summed E-state index contributed by atoms with van der Waals surface area (Å²) in [6, 6.07) is 8.00. The van der Waals surface area contributed by atoms with E-state index in [1.807, 2.05) is 32.0 Å². The molecule has 0 saturated heterocycles. The number of ether oxygens (including phenoxy) is 1. The van der Waals surface area contributed by atoms with Gasteiger partial charge in [-0.15, -0.1) is 0 Å². The molecule has 0 radical (unpaired) electrons. The molecule has 0 aliphatic carbocycles. The first-order valence-corrected chi connectivity index (χ1v) is 5.13. The Hall–Kier alpha value is -1.95. The normalized spacial score (nSPS) is 12.4. The summed E-state index contributed by atoms with van der Waals surface area (Å²) in [6.07, 6.45) is 0. The molecule has 0 fully saturated rings. The van der Waals surface area contributed by atoms with Crippen molar-refractivity contribution in [1.82, 2.24) is 0 Å². The van der Waals surface area contributed by atoms with Crippen molar-refractivity contribution in [1.29, 1.82) is 5.26 Å². The highest BCUT2D eigenvalue weighted by atomic mass is 16.5. The van der Waals surface area contributed by atoms with Crippen LogP contribution in [-0.4, -0.2) is 7.11 Å². The zero-order valence-electron chi connectivity index (χ0n) is 9.57. The summed E-state index contributed by atoms with van der Waals surface area (Å²) in [5.41, 5.74) is 1.70. The van der Waals surface area contributed by atoms with Gasteiger partial charge in [0.25, 0.3) is 0 Å². The van der Waals surface area contributed by atoms with Crippen LogP contribution in [0.4, 0.5) is 0 Å². The summed E-state index contributed by atoms with van der Waals surface area (Å²) >= 11 is 0. The minimum atomic E-state index is -0.145. The van der Waals surface area contributed by atoms with Gasteiger partial charge in [-0.1, -0.05) is 0 Å². The number of nitrogens with zero attached hydrogens (tertiary/aromatic N) is 1. The Kier molecular flexibility index (Phi) is 2.57. The van der Waals surface area contributed by atoms with Gasteiger partial charge in [0.05, 0.1) is 19.1 Å². The highest BCUT2D eigenvalue weighted by Crippen LogP contribution is 2.32. The van der Waals surface area contributed by atoms with Gasteiger partial charge < -0.3 is 9.15 Å². The molecule has 2 aromatic rings. The van der Waals surface area contributed by atoms with Crippen molar-refractivity contribution in [3.63, 3.8) is 0 Å². The second kappa shape index (κ2) is 3.90. The van der Waals surface area contributed by atoms with Crippen molar-refractivity contribution >= 4 is 11.0 Å². The number of furan rings is 1. The molecule has 0 aliphatic heterocycles. The fourth-order valence-electron chi connectivity index (χ4n) is 1.75. The Bertz CT molecular complexity index is 563. The monoisotopic (exact) mass is 215 g/mol. The first-order valence-electron chi connectivity index (χ1n) is 5.13. The van der Waals surface area contributed by atoms with Crippen LogP contribution in [0.15, 0.2) is 22.6 Å². The third-order valence-electron chi connectivity index (χ3n) is 2.64. The summed E-state index contributed by atoms with van der Waals surface area (Å²) < 4.78 is 10.8. The predicted molar refractivity (Wildman–Crippen MR) is 61.5 cm³/mol. The average Bonchev–Trinajstić information content (AvgIpc) is 2.66. The van der Waals surface area contributed by atoms with Crippen LogP contribution in [0.1, 0.15) is 24.2 Å². The number of hydrogen-bond acceptors (Lipinski definition) is 3. The Balaban J connectivity index is 2.68. The van der Waals surface area contributed by atoms with Gasteiger partial charge in [-0.05, 0) is 37.6 Å². The van der Waals surface area contributed by atoms with Gasteiger partial charge >= 0.3 is 0 Å². The van der Waals surface area contributed by atoms with Gasteiger partial charge in [0.2, 0.25) is 0 Å². The molecular weight excluding hydrogens is 202 g/mol. The number of methoxy groups -OCH3 is 1. The molecule has 1 heterocycles. The number of hydrogen-bond donors (Lipinski definition) is 0. The molecule has 0 spiro atoms. The zero-order chi connectivity index (χ0) is 11.7. The van der Waals surface area contributed by atoms with E-state index in [0.717, 1.165) is 22.3 Å². The largest absolute Gasteiger partial charge is 0.493 e. The van der Waals surface area contributed by atoms with Crippen molar-refractivity contribution in [2.24, 2.45) is 0 Å². The van der Waals surface area contributed by atoms with Crippen LogP contribution in [0, 0.1) is 18.3 Å². The molecular formula is C13H13NO2. The second-order valence-corrected chi connectivity index (χ2v) is 3.85. The van der Waals surface area contributed by atoms with E-state index in [0.29, 0.717) is 5.75 Å². The maximum atomic E-state index is 8.91. The molecule has 1 atom stereocenters. The number of benzene rings is 1. The maximum Gasteiger partial charge on any atom is 0.176 e. The predicted octanol–water partition coefficient (Wildman–Crippen LogP) is 3.38. The lowest BCUT2D eigenvalue weighted by molar-refractivity contribution is 0.408. The van der Waals surface area contributed by atoms with Gasteiger partial charge in [0, 0.05) is 5.39 Å². The molecule has 16 heavy (non-hydrogen) atoms. The van der Waals surface area contributed by atoms with E-state index in [2.05, 4.69) is 6.07 Å². The zero-order valence-corrected chi connectivity index (χ0v) is 9.57. The van der Waals surface area contributed by atoms with Crippen molar-refractivity contribution in [3.05, 3.63) is 29.5 Å². The van der Waals surface area contributed by atoms with Crippen LogP contribution >= 0.6 is 0 Å². The van der Waals surface area contributed by atoms with E-state index in [1.54, 1.807) is 7.11 Å². The van der Waals surface area contributed by atoms with Crippen LogP contribution < -0.4 is 4.74 Å². The van der Waals surface area contributed by atoms with E-state index in [9.17, 15) is 0 Å². The molecule has 1 aromatic heterocycles. The highest BCUT2D eigenvalue weighted by molar-refractivity contribution is 5.84. The smallest absolute Gasteiger partial charge is 0.176 e. The molecule has 1 aromatic carbocycles. The lowest BCUT2D eigenvalue weighted by atomic mass is 10.0. The highest BCUT2D eigenvalue weighted by Gasteiger charge is 2.12. The summed E-state index contributed by atoms with van der Waals surface area (Å²) in [5, 5.41) is 9.90. The van der Waals surface area contributed by atoms with Gasteiger partial charge in [-0.2, -0.15) is 5.26 Å². The van der Waals surface area contributed by atoms with E-state index >= 15 is 0 Å². The summed E-state index contributed by atoms with van der Waals surface area (Å²) in [6.45, 7) is 3.76. The van der Waals surface area contributed by atoms with Crippen molar-refractivity contribution in [3.8, 4) is 11.8 Å². The van der Waals surface area contributed by atoms with Crippen LogP contribution in [0.3, 0.4) is 0 Å². The first kappa shape index (κ1) is 10.6. The summed E-state index contributed by atoms with van der Waals surface area (Å²) in [4.78, 5) is 0. The third kappa shape index (κ3) is 1.63. The van der Waals surface area contributed by atoms with Crippen LogP contribution in [0.2, 0.25) is 0 Å². The van der Waals surface area contributed by atoms with Crippen molar-refractivity contribution < 1.29 is 9.15 Å². The number of fused-ring (bicyclic) bond motifs is 1. The molecule has 0 saturated carbocycles. The maximum absolute atomic E-state index is 8.91. The van der Waals surface area contributed by atoms with E-state index in [4.69, 9.17) is 14.4 Å². The average molecular weight is 215 g/mol. The van der Waals surface area contributed by atoms with Crippen LogP contribution in [0.25, 0.3) is 11.0 Å². The second-order valence-electron chi connectivity index (χ2n) is 3.85. The SMILES string of the molecule is COc1cc(C(C)C#N)cc2cc(C)oc12. The first-order chi connectivity index (χ1) is 7.65. The molecule has 2 rings (SSSR count). The van der Waals surface area contributed by atoms with E-state index < -0.39 is 0 Å². The Morgan fingerprint density at radius 2 is 2.12 bits per heavy atom. The van der Waals surface area contributed by atoms with Gasteiger partial charge in [-0.25, -0.2) is 0 Å². The van der Waals surface area contributed by atoms with Gasteiger partial charge in [0.15, 0.2) is 11.3 Å². The molecule has 1 unspecified atom stereocenters. The third-order valence-corrected chi connectivity index (χ3v) is 2.64. The molecule has 0 N–H and O–H groups in total. The Morgan fingerprint density at radius 3 is 2.75 bits per heavy atom. The molecule has 0 amide bonds. The minimum absolute atomic E-state index is 0.145. The Labute approximate surface area is 94.2 Å². The quantitative estimate of drug-likeness (QED) is 0.771. The van der Waals surface area contributed by atoms with E-state index in [-0.39, 0.29) is 5.92 Å². The molecule has 0 aliphatic rings. The molecule has 3 nitrogen and oxygen atoms in total. The van der Waals surface area contributed by atoms with Crippen molar-refractivity contribution in [2.75, 3.05) is 7.11 Å². The lowest BCUT2D eigenvalue weighted by Crippen LogP contribution is -1.91. The summed E-state index contributed by atoms with van der Waals surface area (Å²) in [7, 11) is 1.60. The number of nitriles is 1. The standard InChI is InChI=1S/C13H13NO2/c1-8(7-14)10-5-11-4-9(2)16-13(11)12(6-10)15-3/h4-6,8H,1-3H3. The fraction of sp³-hybridized carbons (Fsp3) is 0.308. The van der Waals surface area contributed by atoms with Gasteiger partial charge in [0.1, 0.15) is 5.76 Å².